The molecule has 0 radical (unpaired) electrons. The van der Waals surface area contributed by atoms with E-state index in [1.54, 1.807) is 14.2 Å². The highest BCUT2D eigenvalue weighted by Crippen LogP contribution is 2.40. The van der Waals surface area contributed by atoms with Gasteiger partial charge in [-0.15, -0.1) is 0 Å². The number of aryl methyl sites for hydroxylation is 1. The van der Waals surface area contributed by atoms with Gasteiger partial charge in [-0.05, 0) is 78.8 Å². The summed E-state index contributed by atoms with van der Waals surface area (Å²) in [5, 5.41) is 6.31. The molecule has 3 aromatic rings. The summed E-state index contributed by atoms with van der Waals surface area (Å²) in [6, 6.07) is 10.0. The van der Waals surface area contributed by atoms with Crippen molar-refractivity contribution in [2.75, 3.05) is 32.6 Å². The average Bonchev–Trinajstić information content (AvgIpc) is 3.30. The maximum absolute atomic E-state index is 12.5. The Morgan fingerprint density at radius 2 is 1.82 bits per heavy atom. The molecule has 0 spiro atoms. The van der Waals surface area contributed by atoms with Gasteiger partial charge in [0.05, 0.1) is 24.8 Å². The van der Waals surface area contributed by atoms with Crippen LogP contribution in [-0.2, 0) is 4.79 Å². The zero-order chi connectivity index (χ0) is 23.8. The highest BCUT2D eigenvalue weighted by molar-refractivity contribution is 7.10. The molecule has 0 saturated heterocycles. The molecule has 7 heteroatoms. The molecule has 0 saturated carbocycles. The minimum absolute atomic E-state index is 0.0444. The van der Waals surface area contributed by atoms with Crippen LogP contribution in [0.25, 0.3) is 21.6 Å². The van der Waals surface area contributed by atoms with E-state index in [4.69, 9.17) is 9.47 Å². The topological polar surface area (TPSA) is 72.5 Å². The Hall–Kier alpha value is -2.90. The Bertz CT molecular complexity index is 1090. The van der Waals surface area contributed by atoms with Crippen LogP contribution in [0.2, 0.25) is 0 Å². The first-order valence-corrected chi connectivity index (χ1v) is 12.0. The van der Waals surface area contributed by atoms with Crippen molar-refractivity contribution in [1.29, 1.82) is 0 Å². The van der Waals surface area contributed by atoms with Crippen LogP contribution >= 0.6 is 11.5 Å². The third-order valence-electron chi connectivity index (χ3n) is 5.69. The van der Waals surface area contributed by atoms with E-state index in [-0.39, 0.29) is 5.91 Å². The van der Waals surface area contributed by atoms with E-state index >= 15 is 0 Å². The summed E-state index contributed by atoms with van der Waals surface area (Å²) in [5.41, 5.74) is 5.98. The molecule has 0 aliphatic rings. The van der Waals surface area contributed by atoms with Gasteiger partial charge >= 0.3 is 0 Å². The molecule has 0 unspecified atom stereocenters. The molecule has 3 rings (SSSR count). The van der Waals surface area contributed by atoms with Gasteiger partial charge in [0.2, 0.25) is 5.91 Å². The summed E-state index contributed by atoms with van der Waals surface area (Å²) in [4.78, 5) is 13.6. The molecule has 0 aliphatic heterocycles. The summed E-state index contributed by atoms with van der Waals surface area (Å²) < 4.78 is 15.5. The van der Waals surface area contributed by atoms with E-state index < -0.39 is 0 Å². The second kappa shape index (κ2) is 11.8. The van der Waals surface area contributed by atoms with Gasteiger partial charge in [0.25, 0.3) is 0 Å². The lowest BCUT2D eigenvalue weighted by molar-refractivity contribution is -0.116. The number of amides is 1. The molecule has 176 valence electrons. The van der Waals surface area contributed by atoms with Gasteiger partial charge in [-0.2, -0.15) is 4.37 Å². The van der Waals surface area contributed by atoms with E-state index in [1.165, 1.54) is 17.1 Å². The van der Waals surface area contributed by atoms with Gasteiger partial charge < -0.3 is 20.1 Å². The molecule has 6 nitrogen and oxygen atoms in total. The lowest BCUT2D eigenvalue weighted by atomic mass is 9.99. The minimum atomic E-state index is -0.0444. The lowest BCUT2D eigenvalue weighted by Gasteiger charge is -2.14. The molecule has 0 aliphatic carbocycles. The number of unbranched alkanes of at least 4 members (excludes halogenated alkanes) is 1. The van der Waals surface area contributed by atoms with Crippen LogP contribution in [0.3, 0.4) is 0 Å². The Labute approximate surface area is 200 Å². The molecule has 2 N–H and O–H groups in total. The van der Waals surface area contributed by atoms with Crippen molar-refractivity contribution in [2.45, 2.75) is 40.0 Å². The van der Waals surface area contributed by atoms with E-state index in [0.717, 1.165) is 52.3 Å². The van der Waals surface area contributed by atoms with Gasteiger partial charge in [-0.1, -0.05) is 25.5 Å². The van der Waals surface area contributed by atoms with Crippen LogP contribution in [0.4, 0.5) is 5.69 Å². The van der Waals surface area contributed by atoms with Crippen LogP contribution in [0.1, 0.15) is 37.3 Å². The molecule has 1 aromatic heterocycles. The number of hydrogen-bond acceptors (Lipinski definition) is 6. The van der Waals surface area contributed by atoms with Crippen molar-refractivity contribution in [3.63, 3.8) is 0 Å². The predicted molar refractivity (Wildman–Crippen MR) is 137 cm³/mol. The van der Waals surface area contributed by atoms with Gasteiger partial charge in [0.15, 0.2) is 0 Å². The van der Waals surface area contributed by atoms with E-state index in [9.17, 15) is 4.79 Å². The standard InChI is InChI=1S/C26H33N3O3S/c1-6-7-11-27-12-10-25(30)29-22-14-19(8-9-23(22)31-4)21-16-28-33-26(21)20-13-17(2)18(3)24(15-20)32-5/h8-9,13-16,27H,6-7,10-12H2,1-5H3,(H,29,30). The number of methoxy groups -OCH3 is 2. The number of carbonyl (C=O) groups excluding carboxylic acids is 1. The smallest absolute Gasteiger partial charge is 0.225 e. The molecule has 1 heterocycles. The van der Waals surface area contributed by atoms with Crippen molar-refractivity contribution in [3.05, 3.63) is 47.7 Å². The lowest BCUT2D eigenvalue weighted by Crippen LogP contribution is -2.22. The molecular formula is C26H33N3O3S. The second-order valence-corrected chi connectivity index (χ2v) is 8.81. The van der Waals surface area contributed by atoms with Crippen molar-refractivity contribution >= 4 is 23.1 Å². The summed E-state index contributed by atoms with van der Waals surface area (Å²) >= 11 is 1.45. The van der Waals surface area contributed by atoms with Gasteiger partial charge in [-0.25, -0.2) is 0 Å². The predicted octanol–water partition coefficient (Wildman–Crippen LogP) is 5.83. The summed E-state index contributed by atoms with van der Waals surface area (Å²) in [6.07, 6.45) is 4.52. The first kappa shape index (κ1) is 24.7. The number of nitrogens with one attached hydrogen (secondary N) is 2. The summed E-state index contributed by atoms with van der Waals surface area (Å²) in [5.74, 6) is 1.44. The molecule has 1 amide bonds. The van der Waals surface area contributed by atoms with E-state index in [0.29, 0.717) is 24.4 Å². The molecule has 0 bridgehead atoms. The number of rotatable bonds is 11. The average molecular weight is 468 g/mol. The molecule has 33 heavy (non-hydrogen) atoms. The largest absolute Gasteiger partial charge is 0.496 e. The monoisotopic (exact) mass is 467 g/mol. The SMILES string of the molecule is CCCCNCCC(=O)Nc1cc(-c2cnsc2-c2cc(C)c(C)c(OC)c2)ccc1OC. The number of carbonyl (C=O) groups is 1. The molecule has 2 aromatic carbocycles. The first-order chi connectivity index (χ1) is 16.0. The van der Waals surface area contributed by atoms with Gasteiger partial charge in [0, 0.05) is 24.7 Å². The van der Waals surface area contributed by atoms with Crippen LogP contribution < -0.4 is 20.1 Å². The molecule has 0 atom stereocenters. The number of benzene rings is 2. The zero-order valence-corrected chi connectivity index (χ0v) is 20.9. The first-order valence-electron chi connectivity index (χ1n) is 11.3. The quantitative estimate of drug-likeness (QED) is 0.347. The normalized spacial score (nSPS) is 10.8. The third kappa shape index (κ3) is 6.12. The number of ether oxygens (including phenoxy) is 2. The van der Waals surface area contributed by atoms with Crippen molar-refractivity contribution in [3.8, 4) is 33.1 Å². The minimum Gasteiger partial charge on any atom is -0.496 e. The zero-order valence-electron chi connectivity index (χ0n) is 20.1. The Morgan fingerprint density at radius 1 is 1.03 bits per heavy atom. The van der Waals surface area contributed by atoms with Gasteiger partial charge in [-0.3, -0.25) is 4.79 Å². The number of hydrogen-bond donors (Lipinski definition) is 2. The van der Waals surface area contributed by atoms with Crippen LogP contribution in [0.5, 0.6) is 11.5 Å². The highest BCUT2D eigenvalue weighted by atomic mass is 32.1. The number of anilines is 1. The van der Waals surface area contributed by atoms with Crippen molar-refractivity contribution in [2.24, 2.45) is 0 Å². The second-order valence-electron chi connectivity index (χ2n) is 8.01. The van der Waals surface area contributed by atoms with Crippen LogP contribution in [-0.4, -0.2) is 37.6 Å². The number of aromatic nitrogens is 1. The van der Waals surface area contributed by atoms with Crippen LogP contribution in [0, 0.1) is 13.8 Å². The Kier molecular flexibility index (Phi) is 8.86. The van der Waals surface area contributed by atoms with Crippen molar-refractivity contribution in [1.82, 2.24) is 9.69 Å². The molecule has 0 fully saturated rings. The maximum Gasteiger partial charge on any atom is 0.225 e. The Morgan fingerprint density at radius 3 is 2.55 bits per heavy atom. The summed E-state index contributed by atoms with van der Waals surface area (Å²) in [7, 11) is 3.30. The number of nitrogens with zero attached hydrogens (tertiary/aromatic N) is 1. The fourth-order valence-corrected chi connectivity index (χ4v) is 4.39. The highest BCUT2D eigenvalue weighted by Gasteiger charge is 2.16. The van der Waals surface area contributed by atoms with E-state index in [2.05, 4.69) is 47.9 Å². The maximum atomic E-state index is 12.5. The Balaban J connectivity index is 1.85. The molecular weight excluding hydrogens is 434 g/mol. The summed E-state index contributed by atoms with van der Waals surface area (Å²) in [6.45, 7) is 7.88. The van der Waals surface area contributed by atoms with Crippen LogP contribution in [0.15, 0.2) is 36.5 Å². The van der Waals surface area contributed by atoms with Gasteiger partial charge in [0.1, 0.15) is 11.5 Å². The van der Waals surface area contributed by atoms with Crippen molar-refractivity contribution < 1.29 is 14.3 Å². The fourth-order valence-electron chi connectivity index (χ4n) is 3.64. The third-order valence-corrected chi connectivity index (χ3v) is 6.54. The van der Waals surface area contributed by atoms with E-state index in [1.807, 2.05) is 24.4 Å². The fraction of sp³-hybridized carbons (Fsp3) is 0.385.